The lowest BCUT2D eigenvalue weighted by Crippen LogP contribution is -2.39. The number of aryl methyl sites for hydroxylation is 1. The number of nitrogens with zero attached hydrogens (tertiary/aromatic N) is 4. The average molecular weight is 288 g/mol. The first-order chi connectivity index (χ1) is 9.75. The number of thiazole rings is 1. The number of carbonyl (C=O) groups excluding carboxylic acids is 1. The molecule has 1 saturated heterocycles. The van der Waals surface area contributed by atoms with E-state index < -0.39 is 0 Å². The number of rotatable bonds is 2. The summed E-state index contributed by atoms with van der Waals surface area (Å²) in [5.41, 5.74) is 1.34. The van der Waals surface area contributed by atoms with Crippen LogP contribution >= 0.6 is 11.3 Å². The maximum Gasteiger partial charge on any atom is 0.257 e. The number of hydrogen-bond acceptors (Lipinski definition) is 5. The van der Waals surface area contributed by atoms with Crippen molar-refractivity contribution in [3.8, 4) is 0 Å². The number of carbonyl (C=O) groups is 1. The molecule has 1 atom stereocenters. The quantitative estimate of drug-likeness (QED) is 0.850. The van der Waals surface area contributed by atoms with E-state index in [2.05, 4.69) is 15.0 Å². The zero-order valence-corrected chi connectivity index (χ0v) is 12.1. The van der Waals surface area contributed by atoms with Gasteiger partial charge < -0.3 is 4.90 Å². The maximum absolute atomic E-state index is 12.6. The lowest BCUT2D eigenvalue weighted by molar-refractivity contribution is 0.0705. The number of aromatic nitrogens is 3. The summed E-state index contributed by atoms with van der Waals surface area (Å²) in [6.45, 7) is 3.38. The molecule has 0 saturated carbocycles. The highest BCUT2D eigenvalue weighted by molar-refractivity contribution is 7.09. The molecular weight excluding hydrogens is 272 g/mol. The van der Waals surface area contributed by atoms with E-state index in [9.17, 15) is 4.79 Å². The molecular formula is C14H16N4OS. The second kappa shape index (κ2) is 5.66. The van der Waals surface area contributed by atoms with Gasteiger partial charge in [0.1, 0.15) is 6.33 Å². The van der Waals surface area contributed by atoms with Crippen molar-refractivity contribution >= 4 is 17.2 Å². The Balaban J connectivity index is 1.77. The van der Waals surface area contributed by atoms with Gasteiger partial charge in [0.2, 0.25) is 0 Å². The molecule has 1 amide bonds. The van der Waals surface area contributed by atoms with Gasteiger partial charge in [-0.15, -0.1) is 11.3 Å². The molecule has 3 heterocycles. The van der Waals surface area contributed by atoms with Crippen LogP contribution in [0.15, 0.2) is 24.1 Å². The Kier molecular flexibility index (Phi) is 3.73. The van der Waals surface area contributed by atoms with Crippen LogP contribution in [0.25, 0.3) is 0 Å². The summed E-state index contributed by atoms with van der Waals surface area (Å²) < 4.78 is 0. The van der Waals surface area contributed by atoms with Gasteiger partial charge in [-0.2, -0.15) is 0 Å². The molecule has 0 aromatic carbocycles. The first-order valence-electron chi connectivity index (χ1n) is 6.71. The Morgan fingerprint density at radius 3 is 3.10 bits per heavy atom. The second-order valence-electron chi connectivity index (χ2n) is 4.98. The summed E-state index contributed by atoms with van der Waals surface area (Å²) in [4.78, 5) is 26.9. The predicted molar refractivity (Wildman–Crippen MR) is 76.8 cm³/mol. The molecule has 2 aromatic rings. The molecule has 3 rings (SSSR count). The standard InChI is InChI=1S/C14H16N4OS/c1-10-12(7-15-9-17-10)14(19)18-5-2-3-11(8-18)13-16-4-6-20-13/h4,6-7,9,11H,2-3,5,8H2,1H3/t11-/m1/s1. The Labute approximate surface area is 121 Å². The highest BCUT2D eigenvalue weighted by atomic mass is 32.1. The number of piperidine rings is 1. The van der Waals surface area contributed by atoms with E-state index >= 15 is 0 Å². The van der Waals surface area contributed by atoms with E-state index in [0.717, 1.165) is 36.6 Å². The van der Waals surface area contributed by atoms with E-state index in [0.29, 0.717) is 11.5 Å². The summed E-state index contributed by atoms with van der Waals surface area (Å²) >= 11 is 1.67. The van der Waals surface area contributed by atoms with Crippen LogP contribution < -0.4 is 0 Å². The first kappa shape index (κ1) is 13.2. The summed E-state index contributed by atoms with van der Waals surface area (Å²) in [6, 6.07) is 0. The molecule has 2 aromatic heterocycles. The molecule has 6 heteroatoms. The van der Waals surface area contributed by atoms with Gasteiger partial charge in [-0.1, -0.05) is 0 Å². The van der Waals surface area contributed by atoms with Crippen LogP contribution in [0.4, 0.5) is 0 Å². The van der Waals surface area contributed by atoms with Crippen LogP contribution in [-0.4, -0.2) is 38.8 Å². The Morgan fingerprint density at radius 2 is 2.35 bits per heavy atom. The lowest BCUT2D eigenvalue weighted by atomic mass is 9.98. The van der Waals surface area contributed by atoms with Gasteiger partial charge in [0, 0.05) is 36.8 Å². The van der Waals surface area contributed by atoms with Gasteiger partial charge in [-0.3, -0.25) is 4.79 Å². The summed E-state index contributed by atoms with van der Waals surface area (Å²) in [5.74, 6) is 0.391. The SMILES string of the molecule is Cc1ncncc1C(=O)N1CCC[C@@H](c2nccs2)C1. The fourth-order valence-corrected chi connectivity index (χ4v) is 3.34. The third-order valence-electron chi connectivity index (χ3n) is 3.65. The highest BCUT2D eigenvalue weighted by Crippen LogP contribution is 2.28. The Bertz CT molecular complexity index is 599. The molecule has 0 unspecified atom stereocenters. The van der Waals surface area contributed by atoms with Crippen LogP contribution in [0.5, 0.6) is 0 Å². The summed E-state index contributed by atoms with van der Waals surface area (Å²) in [6.07, 6.45) is 7.03. The normalized spacial score (nSPS) is 19.1. The first-order valence-corrected chi connectivity index (χ1v) is 7.59. The van der Waals surface area contributed by atoms with Gasteiger partial charge in [0.05, 0.1) is 16.3 Å². The van der Waals surface area contributed by atoms with Crippen LogP contribution in [0.3, 0.4) is 0 Å². The minimum atomic E-state index is 0.0318. The molecule has 0 aliphatic carbocycles. The number of likely N-dealkylation sites (tertiary alicyclic amines) is 1. The fraction of sp³-hybridized carbons (Fsp3) is 0.429. The van der Waals surface area contributed by atoms with Crippen LogP contribution in [0.1, 0.15) is 39.8 Å². The summed E-state index contributed by atoms with van der Waals surface area (Å²) in [7, 11) is 0. The smallest absolute Gasteiger partial charge is 0.257 e. The van der Waals surface area contributed by atoms with E-state index in [-0.39, 0.29) is 5.91 Å². The second-order valence-corrected chi connectivity index (χ2v) is 5.91. The highest BCUT2D eigenvalue weighted by Gasteiger charge is 2.27. The van der Waals surface area contributed by atoms with E-state index in [1.165, 1.54) is 6.33 Å². The minimum Gasteiger partial charge on any atom is -0.338 e. The van der Waals surface area contributed by atoms with Gasteiger partial charge >= 0.3 is 0 Å². The zero-order valence-electron chi connectivity index (χ0n) is 11.3. The van der Waals surface area contributed by atoms with Crippen LogP contribution in [0.2, 0.25) is 0 Å². The van der Waals surface area contributed by atoms with Crippen molar-refractivity contribution in [1.29, 1.82) is 0 Å². The van der Waals surface area contributed by atoms with Gasteiger partial charge in [0.15, 0.2) is 0 Å². The average Bonchev–Trinajstić information content (AvgIpc) is 3.01. The number of hydrogen-bond donors (Lipinski definition) is 0. The van der Waals surface area contributed by atoms with Crippen molar-refractivity contribution in [3.05, 3.63) is 40.4 Å². The van der Waals surface area contributed by atoms with Gasteiger partial charge in [0.25, 0.3) is 5.91 Å². The monoisotopic (exact) mass is 288 g/mol. The van der Waals surface area contributed by atoms with E-state index in [1.54, 1.807) is 17.5 Å². The third kappa shape index (κ3) is 2.56. The molecule has 0 N–H and O–H groups in total. The Morgan fingerprint density at radius 1 is 1.45 bits per heavy atom. The number of amides is 1. The minimum absolute atomic E-state index is 0.0318. The molecule has 5 nitrogen and oxygen atoms in total. The lowest BCUT2D eigenvalue weighted by Gasteiger charge is -2.32. The summed E-state index contributed by atoms with van der Waals surface area (Å²) in [5, 5.41) is 3.12. The van der Waals surface area contributed by atoms with Crippen molar-refractivity contribution in [2.24, 2.45) is 0 Å². The maximum atomic E-state index is 12.6. The fourth-order valence-electron chi connectivity index (χ4n) is 2.57. The molecule has 1 aliphatic heterocycles. The molecule has 20 heavy (non-hydrogen) atoms. The molecule has 0 spiro atoms. The largest absolute Gasteiger partial charge is 0.338 e. The molecule has 104 valence electrons. The van der Waals surface area contributed by atoms with Crippen molar-refractivity contribution in [3.63, 3.8) is 0 Å². The predicted octanol–water partition coefficient (Wildman–Crippen LogP) is 2.26. The third-order valence-corrected chi connectivity index (χ3v) is 4.59. The van der Waals surface area contributed by atoms with Crippen LogP contribution in [-0.2, 0) is 0 Å². The van der Waals surface area contributed by atoms with Crippen molar-refractivity contribution < 1.29 is 4.79 Å². The topological polar surface area (TPSA) is 59.0 Å². The zero-order chi connectivity index (χ0) is 13.9. The molecule has 1 aliphatic rings. The molecule has 1 fully saturated rings. The Hall–Kier alpha value is -1.82. The van der Waals surface area contributed by atoms with E-state index in [1.807, 2.05) is 23.4 Å². The van der Waals surface area contributed by atoms with Gasteiger partial charge in [-0.25, -0.2) is 15.0 Å². The van der Waals surface area contributed by atoms with E-state index in [4.69, 9.17) is 0 Å². The van der Waals surface area contributed by atoms with Crippen molar-refractivity contribution in [2.45, 2.75) is 25.7 Å². The van der Waals surface area contributed by atoms with Crippen molar-refractivity contribution in [2.75, 3.05) is 13.1 Å². The van der Waals surface area contributed by atoms with Crippen LogP contribution in [0, 0.1) is 6.92 Å². The van der Waals surface area contributed by atoms with Gasteiger partial charge in [-0.05, 0) is 19.8 Å². The molecule has 0 bridgehead atoms. The van der Waals surface area contributed by atoms with Crippen molar-refractivity contribution in [1.82, 2.24) is 19.9 Å². The molecule has 0 radical (unpaired) electrons.